The van der Waals surface area contributed by atoms with Crippen LogP contribution in [-0.4, -0.2) is 34.2 Å². The van der Waals surface area contributed by atoms with Gasteiger partial charge in [0.1, 0.15) is 6.61 Å². The Labute approximate surface area is 194 Å². The van der Waals surface area contributed by atoms with E-state index >= 15 is 0 Å². The Morgan fingerprint density at radius 2 is 1.67 bits per heavy atom. The highest BCUT2D eigenvalue weighted by Gasteiger charge is 2.35. The van der Waals surface area contributed by atoms with Crippen LogP contribution < -0.4 is 16.0 Å². The van der Waals surface area contributed by atoms with E-state index in [0.717, 1.165) is 5.56 Å². The molecule has 0 aliphatic heterocycles. The molecule has 1 atom stereocenters. The van der Waals surface area contributed by atoms with Crippen molar-refractivity contribution in [2.45, 2.75) is 16.6 Å². The molecule has 0 unspecified atom stereocenters. The van der Waals surface area contributed by atoms with E-state index in [1.165, 1.54) is 7.11 Å². The highest BCUT2D eigenvalue weighted by atomic mass is 35.6. The largest absolute Gasteiger partial charge is 0.465 e. The van der Waals surface area contributed by atoms with Gasteiger partial charge in [-0.05, 0) is 29.9 Å². The molecule has 0 spiro atoms. The summed E-state index contributed by atoms with van der Waals surface area (Å²) in [5.74, 6) is -0.554. The monoisotopic (exact) mass is 489 g/mol. The molecule has 0 aliphatic rings. The third-order valence-electron chi connectivity index (χ3n) is 3.66. The van der Waals surface area contributed by atoms with Crippen molar-refractivity contribution < 1.29 is 19.1 Å². The van der Waals surface area contributed by atoms with Crippen LogP contribution in [-0.2, 0) is 16.1 Å². The van der Waals surface area contributed by atoms with Gasteiger partial charge >= 0.3 is 12.1 Å². The second-order valence-electron chi connectivity index (χ2n) is 5.82. The number of halogens is 3. The minimum absolute atomic E-state index is 0.00830. The normalized spacial score (nSPS) is 11.7. The molecule has 2 rings (SSSR count). The smallest absolute Gasteiger partial charge is 0.409 e. The molecule has 0 fully saturated rings. The van der Waals surface area contributed by atoms with Gasteiger partial charge in [0.2, 0.25) is 3.79 Å². The zero-order valence-corrected chi connectivity index (χ0v) is 18.7. The molecule has 2 aromatic rings. The fraction of sp³-hybridized carbons (Fsp3) is 0.211. The van der Waals surface area contributed by atoms with Crippen molar-refractivity contribution in [1.82, 2.24) is 10.6 Å². The number of anilines is 1. The molecule has 0 radical (unpaired) electrons. The van der Waals surface area contributed by atoms with E-state index in [1.807, 2.05) is 18.2 Å². The van der Waals surface area contributed by atoms with Gasteiger partial charge in [-0.1, -0.05) is 77.3 Å². The Hall–Kier alpha value is -2.26. The van der Waals surface area contributed by atoms with Gasteiger partial charge in [0.15, 0.2) is 11.3 Å². The van der Waals surface area contributed by atoms with Gasteiger partial charge in [0.25, 0.3) is 0 Å². The first kappa shape index (κ1) is 24.0. The quantitative estimate of drug-likeness (QED) is 0.240. The Bertz CT molecular complexity index is 894. The predicted molar refractivity (Wildman–Crippen MR) is 121 cm³/mol. The fourth-order valence-electron chi connectivity index (χ4n) is 2.25. The summed E-state index contributed by atoms with van der Waals surface area (Å²) in [5, 5.41) is 7.89. The van der Waals surface area contributed by atoms with Crippen molar-refractivity contribution in [3.63, 3.8) is 0 Å². The van der Waals surface area contributed by atoms with Gasteiger partial charge < -0.3 is 20.1 Å². The molecule has 30 heavy (non-hydrogen) atoms. The van der Waals surface area contributed by atoms with E-state index in [2.05, 4.69) is 16.0 Å². The van der Waals surface area contributed by atoms with Crippen molar-refractivity contribution in [2.75, 3.05) is 12.4 Å². The lowest BCUT2D eigenvalue weighted by atomic mass is 10.2. The van der Waals surface area contributed by atoms with Crippen LogP contribution in [0.1, 0.15) is 15.9 Å². The second-order valence-corrected chi connectivity index (χ2v) is 8.59. The number of benzene rings is 2. The molecule has 0 heterocycles. The molecular weight excluding hydrogens is 473 g/mol. The van der Waals surface area contributed by atoms with Gasteiger partial charge in [0.05, 0.1) is 18.4 Å². The van der Waals surface area contributed by atoms with Crippen molar-refractivity contribution in [1.29, 1.82) is 0 Å². The highest BCUT2D eigenvalue weighted by Crippen LogP contribution is 2.29. The van der Waals surface area contributed by atoms with Crippen molar-refractivity contribution >= 4 is 69.9 Å². The van der Waals surface area contributed by atoms with Gasteiger partial charge in [-0.25, -0.2) is 9.59 Å². The lowest BCUT2D eigenvalue weighted by molar-refractivity contribution is 0.0602. The van der Waals surface area contributed by atoms with E-state index in [9.17, 15) is 9.59 Å². The summed E-state index contributed by atoms with van der Waals surface area (Å²) in [6, 6.07) is 15.6. The average Bonchev–Trinajstić information content (AvgIpc) is 2.71. The third-order valence-corrected chi connectivity index (χ3v) is 4.53. The minimum atomic E-state index is -1.96. The van der Waals surface area contributed by atoms with Gasteiger partial charge in [-0.2, -0.15) is 0 Å². The summed E-state index contributed by atoms with van der Waals surface area (Å²) < 4.78 is 7.90. The number of nitrogens with one attached hydrogen (secondary N) is 3. The molecule has 0 aliphatic carbocycles. The van der Waals surface area contributed by atoms with Crippen molar-refractivity contribution in [3.8, 4) is 0 Å². The Kier molecular flexibility index (Phi) is 8.98. The summed E-state index contributed by atoms with van der Waals surface area (Å²) in [4.78, 5) is 24.0. The number of carbonyl (C=O) groups excluding carboxylic acids is 2. The second kappa shape index (κ2) is 11.2. The van der Waals surface area contributed by atoms with Crippen LogP contribution in [0.15, 0.2) is 54.6 Å². The summed E-state index contributed by atoms with van der Waals surface area (Å²) in [6.45, 7) is 0.0362. The van der Waals surface area contributed by atoms with Crippen LogP contribution in [0.5, 0.6) is 0 Å². The summed E-state index contributed by atoms with van der Waals surface area (Å²) >= 11 is 23.1. The van der Waals surface area contributed by atoms with Gasteiger partial charge in [-0.15, -0.1) is 0 Å². The Morgan fingerprint density at radius 3 is 2.30 bits per heavy atom. The summed E-state index contributed by atoms with van der Waals surface area (Å²) in [6.07, 6.45) is -2.04. The molecule has 0 bridgehead atoms. The topological polar surface area (TPSA) is 88.7 Å². The van der Waals surface area contributed by atoms with E-state index in [0.29, 0.717) is 5.69 Å². The average molecular weight is 491 g/mol. The number of hydrogen-bond acceptors (Lipinski definition) is 5. The van der Waals surface area contributed by atoms with Crippen molar-refractivity contribution in [3.05, 3.63) is 65.7 Å². The number of thiocarbonyl (C=S) groups is 1. The maximum absolute atomic E-state index is 12.1. The third kappa shape index (κ3) is 7.53. The number of esters is 1. The maximum Gasteiger partial charge on any atom is 0.409 e. The molecule has 7 nitrogen and oxygen atoms in total. The van der Waals surface area contributed by atoms with Crippen LogP contribution in [0.3, 0.4) is 0 Å². The zero-order valence-electron chi connectivity index (χ0n) is 15.7. The molecule has 0 saturated heterocycles. The van der Waals surface area contributed by atoms with Crippen LogP contribution in [0.4, 0.5) is 10.5 Å². The standard InChI is InChI=1S/C19H18Cl3N3O4S/c1-28-15(26)13-9-5-6-10-14(13)23-17(30)24-16(19(20,21)22)25-18(27)29-11-12-7-3-2-4-8-12/h2-10,16H,11H2,1H3,(H,25,27)(H2,23,24,30)/t16-/m0/s1. The van der Waals surface area contributed by atoms with E-state index in [4.69, 9.17) is 56.5 Å². The number of rotatable bonds is 6. The number of para-hydroxylation sites is 1. The number of alkyl carbamates (subject to hydrolysis) is 1. The minimum Gasteiger partial charge on any atom is -0.465 e. The van der Waals surface area contributed by atoms with Gasteiger partial charge in [0, 0.05) is 0 Å². The van der Waals surface area contributed by atoms with Crippen LogP contribution in [0, 0.1) is 0 Å². The Morgan fingerprint density at radius 1 is 1.03 bits per heavy atom. The van der Waals surface area contributed by atoms with Gasteiger partial charge in [-0.3, -0.25) is 5.32 Å². The lowest BCUT2D eigenvalue weighted by Gasteiger charge is -2.27. The van der Waals surface area contributed by atoms with E-state index in [-0.39, 0.29) is 17.3 Å². The molecule has 0 aromatic heterocycles. The first-order chi connectivity index (χ1) is 14.2. The molecule has 1 amide bonds. The Balaban J connectivity index is 2.00. The van der Waals surface area contributed by atoms with Crippen LogP contribution >= 0.6 is 47.0 Å². The summed E-state index contributed by atoms with van der Waals surface area (Å²) in [5.41, 5.74) is 1.42. The molecule has 11 heteroatoms. The number of carbonyl (C=O) groups is 2. The highest BCUT2D eigenvalue weighted by molar-refractivity contribution is 7.80. The first-order valence-corrected chi connectivity index (χ1v) is 10.0. The fourth-order valence-corrected chi connectivity index (χ4v) is 2.81. The molecule has 3 N–H and O–H groups in total. The summed E-state index contributed by atoms with van der Waals surface area (Å²) in [7, 11) is 1.26. The number of ether oxygens (including phenoxy) is 2. The molecular formula is C19H18Cl3N3O4S. The molecule has 160 valence electrons. The zero-order chi connectivity index (χ0) is 22.1. The van der Waals surface area contributed by atoms with Crippen LogP contribution in [0.2, 0.25) is 0 Å². The first-order valence-electron chi connectivity index (χ1n) is 8.49. The number of hydrogen-bond donors (Lipinski definition) is 3. The van der Waals surface area contributed by atoms with E-state index in [1.54, 1.807) is 36.4 Å². The SMILES string of the molecule is COC(=O)c1ccccc1NC(=S)N[C@@H](NC(=O)OCc1ccccc1)C(Cl)(Cl)Cl. The molecule has 0 saturated carbocycles. The molecule has 2 aromatic carbocycles. The predicted octanol–water partition coefficient (Wildman–Crippen LogP) is 4.38. The van der Waals surface area contributed by atoms with Crippen molar-refractivity contribution in [2.24, 2.45) is 0 Å². The maximum atomic E-state index is 12.1. The van der Waals surface area contributed by atoms with E-state index < -0.39 is 22.0 Å². The lowest BCUT2D eigenvalue weighted by Crippen LogP contribution is -2.56. The number of methoxy groups -OCH3 is 1. The number of alkyl halides is 3. The van der Waals surface area contributed by atoms with Crippen LogP contribution in [0.25, 0.3) is 0 Å². The number of amides is 1.